The van der Waals surface area contributed by atoms with E-state index in [-0.39, 0.29) is 11.9 Å². The Hall–Kier alpha value is -3.22. The van der Waals surface area contributed by atoms with Gasteiger partial charge in [-0.1, -0.05) is 19.1 Å². The van der Waals surface area contributed by atoms with E-state index in [0.717, 1.165) is 18.4 Å². The van der Waals surface area contributed by atoms with E-state index in [2.05, 4.69) is 19.9 Å². The normalized spacial score (nSPS) is 17.2. The number of hydrogen-bond acceptors (Lipinski definition) is 9. The van der Waals surface area contributed by atoms with Gasteiger partial charge in [-0.05, 0) is 50.5 Å². The summed E-state index contributed by atoms with van der Waals surface area (Å²) in [6.07, 6.45) is 2.38. The summed E-state index contributed by atoms with van der Waals surface area (Å²) in [6.45, 7) is 6.91. The number of anilines is 1. The Morgan fingerprint density at radius 3 is 2.47 bits per heavy atom. The van der Waals surface area contributed by atoms with E-state index in [4.69, 9.17) is 18.9 Å². The first-order valence-electron chi connectivity index (χ1n) is 12.6. The third kappa shape index (κ3) is 5.77. The number of pyridine rings is 1. The Balaban J connectivity index is 1.77. The van der Waals surface area contributed by atoms with Crippen LogP contribution in [0.4, 0.5) is 5.95 Å². The highest BCUT2D eigenvalue weighted by molar-refractivity contribution is 7.93. The largest absolute Gasteiger partial charge is 0.494 e. The minimum atomic E-state index is -4.03. The van der Waals surface area contributed by atoms with Crippen LogP contribution in [-0.4, -0.2) is 67.5 Å². The van der Waals surface area contributed by atoms with Gasteiger partial charge in [0, 0.05) is 25.3 Å². The summed E-state index contributed by atoms with van der Waals surface area (Å²) in [4.78, 5) is 4.44. The molecular formula is C26H35N5O6S. The number of hydrogen-bond donors (Lipinski definition) is 1. The molecule has 12 heteroatoms. The molecule has 4 rings (SSSR count). The molecule has 1 N–H and O–H groups in total. The van der Waals surface area contributed by atoms with E-state index in [1.807, 2.05) is 19.9 Å². The maximum Gasteiger partial charge on any atom is 0.243 e. The lowest BCUT2D eigenvalue weighted by Gasteiger charge is -2.25. The van der Waals surface area contributed by atoms with Gasteiger partial charge in [0.05, 0.1) is 26.5 Å². The summed E-state index contributed by atoms with van der Waals surface area (Å²) in [6, 6.07) is 9.01. The highest BCUT2D eigenvalue weighted by Gasteiger charge is 2.36. The number of nitrogens with one attached hydrogen (secondary N) is 1. The van der Waals surface area contributed by atoms with E-state index < -0.39 is 21.4 Å². The molecule has 1 aromatic carbocycles. The zero-order chi connectivity index (χ0) is 27.3. The van der Waals surface area contributed by atoms with Crippen molar-refractivity contribution >= 4 is 16.0 Å². The Bertz CT molecular complexity index is 1300. The van der Waals surface area contributed by atoms with Gasteiger partial charge >= 0.3 is 0 Å². The second-order valence-corrected chi connectivity index (χ2v) is 11.2. The van der Waals surface area contributed by atoms with Gasteiger partial charge in [0.2, 0.25) is 16.0 Å². The molecule has 0 aliphatic carbocycles. The fourth-order valence-corrected chi connectivity index (χ4v) is 5.49. The number of benzene rings is 1. The van der Waals surface area contributed by atoms with Crippen LogP contribution in [0.2, 0.25) is 0 Å². The number of rotatable bonds is 12. The van der Waals surface area contributed by atoms with Gasteiger partial charge in [0.1, 0.15) is 34.4 Å². The van der Waals surface area contributed by atoms with Crippen molar-refractivity contribution in [2.75, 3.05) is 38.8 Å². The zero-order valence-electron chi connectivity index (χ0n) is 22.4. The Labute approximate surface area is 223 Å². The van der Waals surface area contributed by atoms with E-state index in [0.29, 0.717) is 48.5 Å². The summed E-state index contributed by atoms with van der Waals surface area (Å²) in [7, 11) is -0.955. The second-order valence-electron chi connectivity index (χ2n) is 9.19. The summed E-state index contributed by atoms with van der Waals surface area (Å²) in [5.74, 6) is 1.45. The van der Waals surface area contributed by atoms with E-state index in [1.54, 1.807) is 42.0 Å². The molecule has 1 aliphatic heterocycles. The molecule has 0 unspecified atom stereocenters. The number of ether oxygens (including phenoxy) is 4. The molecular weight excluding hydrogens is 510 g/mol. The van der Waals surface area contributed by atoms with Crippen LogP contribution >= 0.6 is 0 Å². The molecule has 0 saturated carbocycles. The van der Waals surface area contributed by atoms with Crippen LogP contribution in [-0.2, 0) is 19.5 Å². The first-order chi connectivity index (χ1) is 18.3. The molecule has 3 heterocycles. The summed E-state index contributed by atoms with van der Waals surface area (Å²) in [5.41, 5.74) is 2.01. The topological polar surface area (TPSA) is 127 Å². The third-order valence-corrected chi connectivity index (χ3v) is 8.18. The first-order valence-corrected chi connectivity index (χ1v) is 14.2. The van der Waals surface area contributed by atoms with Gasteiger partial charge in [0.15, 0.2) is 0 Å². The predicted molar refractivity (Wildman–Crippen MR) is 143 cm³/mol. The van der Waals surface area contributed by atoms with Crippen molar-refractivity contribution in [3.8, 4) is 17.2 Å². The van der Waals surface area contributed by atoms with Crippen molar-refractivity contribution < 1.29 is 27.4 Å². The van der Waals surface area contributed by atoms with Crippen LogP contribution in [0.3, 0.4) is 0 Å². The number of aryl methyl sites for hydroxylation is 1. The lowest BCUT2D eigenvalue weighted by molar-refractivity contribution is 0.0498. The molecule has 0 radical (unpaired) electrons. The van der Waals surface area contributed by atoms with Crippen LogP contribution in [0.1, 0.15) is 55.8 Å². The zero-order valence-corrected chi connectivity index (χ0v) is 23.2. The number of sulfonamides is 1. The van der Waals surface area contributed by atoms with Crippen molar-refractivity contribution in [3.63, 3.8) is 0 Å². The fourth-order valence-electron chi connectivity index (χ4n) is 4.37. The van der Waals surface area contributed by atoms with Gasteiger partial charge in [-0.15, -0.1) is 10.2 Å². The number of nitrogens with zero attached hydrogens (tertiary/aromatic N) is 4. The maximum atomic E-state index is 13.8. The molecule has 38 heavy (non-hydrogen) atoms. The van der Waals surface area contributed by atoms with Crippen LogP contribution in [0.25, 0.3) is 5.69 Å². The predicted octanol–water partition coefficient (Wildman–Crippen LogP) is 3.79. The Kier molecular flexibility index (Phi) is 8.85. The number of para-hydroxylation sites is 1. The number of methoxy groups -OCH3 is 2. The van der Waals surface area contributed by atoms with Gasteiger partial charge in [-0.3, -0.25) is 14.3 Å². The molecule has 2 aromatic heterocycles. The van der Waals surface area contributed by atoms with Crippen LogP contribution in [0.15, 0.2) is 36.5 Å². The molecule has 1 fully saturated rings. The summed E-state index contributed by atoms with van der Waals surface area (Å²) < 4.78 is 54.7. The average molecular weight is 546 g/mol. The van der Waals surface area contributed by atoms with E-state index in [9.17, 15) is 8.42 Å². The van der Waals surface area contributed by atoms with Crippen molar-refractivity contribution in [1.29, 1.82) is 0 Å². The SMILES string of the molecule is CCCO[C@@H](c1ccc(C)cn1)[C@H](C)S(=O)(=O)Nc1nnc([C@@H]2CCOC2)n1-c1c(OC)cccc1OC. The molecule has 11 nitrogen and oxygen atoms in total. The fraction of sp³-hybridized carbons (Fsp3) is 0.500. The quantitative estimate of drug-likeness (QED) is 0.362. The Morgan fingerprint density at radius 1 is 1.16 bits per heavy atom. The highest BCUT2D eigenvalue weighted by Crippen LogP contribution is 2.38. The second kappa shape index (κ2) is 12.1. The Morgan fingerprint density at radius 2 is 1.89 bits per heavy atom. The lowest BCUT2D eigenvalue weighted by atomic mass is 10.1. The van der Waals surface area contributed by atoms with Crippen molar-refractivity contribution in [3.05, 3.63) is 53.6 Å². The highest BCUT2D eigenvalue weighted by atomic mass is 32.2. The molecule has 0 spiro atoms. The minimum Gasteiger partial charge on any atom is -0.494 e. The minimum absolute atomic E-state index is 0.0210. The van der Waals surface area contributed by atoms with Crippen molar-refractivity contribution in [1.82, 2.24) is 19.7 Å². The van der Waals surface area contributed by atoms with Crippen molar-refractivity contribution in [2.24, 2.45) is 0 Å². The first kappa shape index (κ1) is 27.8. The molecule has 0 bridgehead atoms. The summed E-state index contributed by atoms with van der Waals surface area (Å²) in [5, 5.41) is 7.65. The molecule has 1 aliphatic rings. The smallest absolute Gasteiger partial charge is 0.243 e. The lowest BCUT2D eigenvalue weighted by Crippen LogP contribution is -2.33. The summed E-state index contributed by atoms with van der Waals surface area (Å²) >= 11 is 0. The maximum absolute atomic E-state index is 13.8. The number of aromatic nitrogens is 4. The molecule has 206 valence electrons. The van der Waals surface area contributed by atoms with Crippen LogP contribution in [0.5, 0.6) is 11.5 Å². The van der Waals surface area contributed by atoms with Gasteiger partial charge in [-0.2, -0.15) is 0 Å². The van der Waals surface area contributed by atoms with E-state index >= 15 is 0 Å². The average Bonchev–Trinajstić information content (AvgIpc) is 3.59. The molecule has 0 amide bonds. The van der Waals surface area contributed by atoms with Crippen LogP contribution in [0, 0.1) is 6.92 Å². The van der Waals surface area contributed by atoms with E-state index in [1.165, 1.54) is 14.2 Å². The van der Waals surface area contributed by atoms with Gasteiger partial charge in [-0.25, -0.2) is 8.42 Å². The van der Waals surface area contributed by atoms with Gasteiger partial charge in [0.25, 0.3) is 0 Å². The standard InChI is InChI=1S/C26H35N5O6S/c1-6-13-37-24(20-11-10-17(2)15-27-20)18(3)38(32,33)30-26-29-28-25(19-12-14-36-16-19)31(26)23-21(34-4)8-7-9-22(23)35-5/h7-11,15,18-19,24H,6,12-14,16H2,1-5H3,(H,29,30)/t18-,19+,24+/m0/s1. The molecule has 1 saturated heterocycles. The van der Waals surface area contributed by atoms with Crippen LogP contribution < -0.4 is 14.2 Å². The third-order valence-electron chi connectivity index (χ3n) is 6.48. The molecule has 3 aromatic rings. The van der Waals surface area contributed by atoms with Crippen molar-refractivity contribution in [2.45, 2.75) is 50.9 Å². The molecule has 3 atom stereocenters. The van der Waals surface area contributed by atoms with Gasteiger partial charge < -0.3 is 18.9 Å². The monoisotopic (exact) mass is 545 g/mol.